The molecule has 0 saturated heterocycles. The Morgan fingerprint density at radius 3 is 2.71 bits per heavy atom. The standard InChI is InChI=1S/C17H14FNO5/c18-12-6-7-13-14(8-12)24-15(16(20)21)9-19(13)17(22)23-10-11-4-2-1-3-5-11/h1-8,15H,9-10H2,(H,20,21). The molecule has 1 N–H and O–H groups in total. The molecule has 0 saturated carbocycles. The minimum atomic E-state index is -1.29. The highest BCUT2D eigenvalue weighted by Gasteiger charge is 2.34. The second-order valence-electron chi connectivity index (χ2n) is 5.21. The second kappa shape index (κ2) is 6.57. The number of halogens is 1. The lowest BCUT2D eigenvalue weighted by molar-refractivity contribution is -0.144. The molecular formula is C17H14FNO5. The van der Waals surface area contributed by atoms with Gasteiger partial charge in [-0.25, -0.2) is 14.0 Å². The Labute approximate surface area is 137 Å². The van der Waals surface area contributed by atoms with E-state index in [4.69, 9.17) is 14.6 Å². The van der Waals surface area contributed by atoms with Crippen LogP contribution < -0.4 is 9.64 Å². The van der Waals surface area contributed by atoms with Crippen molar-refractivity contribution in [2.45, 2.75) is 12.7 Å². The smallest absolute Gasteiger partial charge is 0.414 e. The second-order valence-corrected chi connectivity index (χ2v) is 5.21. The third-order valence-electron chi connectivity index (χ3n) is 3.53. The molecule has 1 unspecified atom stereocenters. The summed E-state index contributed by atoms with van der Waals surface area (Å²) >= 11 is 0. The van der Waals surface area contributed by atoms with Crippen molar-refractivity contribution in [2.75, 3.05) is 11.4 Å². The van der Waals surface area contributed by atoms with Gasteiger partial charge >= 0.3 is 12.1 Å². The fraction of sp³-hybridized carbons (Fsp3) is 0.176. The first-order chi connectivity index (χ1) is 11.5. The zero-order chi connectivity index (χ0) is 17.1. The summed E-state index contributed by atoms with van der Waals surface area (Å²) in [7, 11) is 0. The topological polar surface area (TPSA) is 76.1 Å². The van der Waals surface area contributed by atoms with E-state index in [1.54, 1.807) is 12.1 Å². The van der Waals surface area contributed by atoms with Crippen molar-refractivity contribution in [2.24, 2.45) is 0 Å². The van der Waals surface area contributed by atoms with Gasteiger partial charge in [-0.2, -0.15) is 0 Å². The van der Waals surface area contributed by atoms with Crippen molar-refractivity contribution in [3.8, 4) is 5.75 Å². The Bertz CT molecular complexity index is 765. The molecule has 0 radical (unpaired) electrons. The van der Waals surface area contributed by atoms with Gasteiger partial charge < -0.3 is 14.6 Å². The van der Waals surface area contributed by atoms with Crippen LogP contribution in [0.15, 0.2) is 48.5 Å². The van der Waals surface area contributed by atoms with Crippen LogP contribution in [-0.4, -0.2) is 29.8 Å². The minimum absolute atomic E-state index is 0.00897. The van der Waals surface area contributed by atoms with Crippen molar-refractivity contribution in [1.29, 1.82) is 0 Å². The summed E-state index contributed by atoms with van der Waals surface area (Å²) in [5, 5.41) is 9.14. The summed E-state index contributed by atoms with van der Waals surface area (Å²) in [6.07, 6.45) is -2.01. The van der Waals surface area contributed by atoms with E-state index in [-0.39, 0.29) is 24.6 Å². The van der Waals surface area contributed by atoms with Crippen molar-refractivity contribution >= 4 is 17.7 Å². The predicted octanol–water partition coefficient (Wildman–Crippen LogP) is 2.81. The number of hydrogen-bond donors (Lipinski definition) is 1. The van der Waals surface area contributed by atoms with Crippen molar-refractivity contribution < 1.29 is 28.6 Å². The summed E-state index contributed by atoms with van der Waals surface area (Å²) in [6.45, 7) is -0.174. The number of anilines is 1. The highest BCUT2D eigenvalue weighted by atomic mass is 19.1. The lowest BCUT2D eigenvalue weighted by Gasteiger charge is -2.32. The Balaban J connectivity index is 1.80. The molecule has 24 heavy (non-hydrogen) atoms. The van der Waals surface area contributed by atoms with Crippen LogP contribution >= 0.6 is 0 Å². The Morgan fingerprint density at radius 2 is 2.00 bits per heavy atom. The third-order valence-corrected chi connectivity index (χ3v) is 3.53. The molecule has 1 heterocycles. The third kappa shape index (κ3) is 3.29. The average Bonchev–Trinajstić information content (AvgIpc) is 2.59. The largest absolute Gasteiger partial charge is 0.478 e. The summed E-state index contributed by atoms with van der Waals surface area (Å²) in [4.78, 5) is 24.7. The van der Waals surface area contributed by atoms with Crippen molar-refractivity contribution in [3.63, 3.8) is 0 Å². The first kappa shape index (κ1) is 15.8. The number of amides is 1. The molecule has 1 aliphatic heterocycles. The maximum Gasteiger partial charge on any atom is 0.414 e. The van der Waals surface area contributed by atoms with Gasteiger partial charge in [0.05, 0.1) is 12.2 Å². The Morgan fingerprint density at radius 1 is 1.25 bits per heavy atom. The molecule has 0 spiro atoms. The van der Waals surface area contributed by atoms with Gasteiger partial charge in [0.25, 0.3) is 0 Å². The quantitative estimate of drug-likeness (QED) is 0.936. The van der Waals surface area contributed by atoms with E-state index in [2.05, 4.69) is 0 Å². The number of benzene rings is 2. The van der Waals surface area contributed by atoms with Gasteiger partial charge in [-0.15, -0.1) is 0 Å². The van der Waals surface area contributed by atoms with Crippen LogP contribution in [0.3, 0.4) is 0 Å². The molecule has 2 aromatic carbocycles. The first-order valence-electron chi connectivity index (χ1n) is 7.22. The predicted molar refractivity (Wildman–Crippen MR) is 82.4 cm³/mol. The van der Waals surface area contributed by atoms with Gasteiger partial charge in [-0.1, -0.05) is 30.3 Å². The molecule has 1 atom stereocenters. The zero-order valence-electron chi connectivity index (χ0n) is 12.5. The van der Waals surface area contributed by atoms with Gasteiger partial charge in [0.1, 0.15) is 18.2 Å². The van der Waals surface area contributed by atoms with E-state index in [1.165, 1.54) is 12.1 Å². The van der Waals surface area contributed by atoms with Crippen molar-refractivity contribution in [3.05, 3.63) is 59.9 Å². The first-order valence-corrected chi connectivity index (χ1v) is 7.22. The molecule has 0 aromatic heterocycles. The minimum Gasteiger partial charge on any atom is -0.478 e. The van der Waals surface area contributed by atoms with E-state index in [1.807, 2.05) is 18.2 Å². The van der Waals surface area contributed by atoms with Gasteiger partial charge in [0.2, 0.25) is 6.10 Å². The van der Waals surface area contributed by atoms with Crippen LogP contribution in [0.2, 0.25) is 0 Å². The molecule has 6 nitrogen and oxygen atoms in total. The molecule has 1 aliphatic rings. The number of carboxylic acids is 1. The van der Waals surface area contributed by atoms with E-state index >= 15 is 0 Å². The molecule has 1 amide bonds. The normalized spacial score (nSPS) is 16.0. The maximum atomic E-state index is 13.4. The van der Waals surface area contributed by atoms with Crippen LogP contribution in [0.4, 0.5) is 14.9 Å². The van der Waals surface area contributed by atoms with E-state index in [0.717, 1.165) is 16.5 Å². The number of rotatable bonds is 3. The summed E-state index contributed by atoms with van der Waals surface area (Å²) < 4.78 is 23.8. The Hall–Kier alpha value is -3.09. The number of carbonyl (C=O) groups excluding carboxylic acids is 1. The lowest BCUT2D eigenvalue weighted by Crippen LogP contribution is -2.47. The number of hydrogen-bond acceptors (Lipinski definition) is 4. The molecule has 7 heteroatoms. The van der Waals surface area contributed by atoms with Crippen LogP contribution in [0.5, 0.6) is 5.75 Å². The molecule has 3 rings (SSSR count). The lowest BCUT2D eigenvalue weighted by atomic mass is 10.2. The van der Waals surface area contributed by atoms with Gasteiger partial charge in [-0.3, -0.25) is 4.90 Å². The van der Waals surface area contributed by atoms with Crippen LogP contribution in [-0.2, 0) is 16.1 Å². The van der Waals surface area contributed by atoms with Gasteiger partial charge in [0.15, 0.2) is 0 Å². The van der Waals surface area contributed by atoms with Crippen LogP contribution in [0.1, 0.15) is 5.56 Å². The summed E-state index contributed by atoms with van der Waals surface area (Å²) in [5.41, 5.74) is 1.07. The fourth-order valence-electron chi connectivity index (χ4n) is 2.36. The van der Waals surface area contributed by atoms with E-state index in [9.17, 15) is 14.0 Å². The monoisotopic (exact) mass is 331 g/mol. The maximum absolute atomic E-state index is 13.4. The highest BCUT2D eigenvalue weighted by molar-refractivity contribution is 5.92. The number of carbonyl (C=O) groups is 2. The van der Waals surface area contributed by atoms with Crippen molar-refractivity contribution in [1.82, 2.24) is 0 Å². The van der Waals surface area contributed by atoms with Gasteiger partial charge in [-0.05, 0) is 17.7 Å². The number of ether oxygens (including phenoxy) is 2. The highest BCUT2D eigenvalue weighted by Crippen LogP contribution is 2.34. The zero-order valence-corrected chi connectivity index (χ0v) is 12.5. The molecule has 2 aromatic rings. The van der Waals surface area contributed by atoms with E-state index < -0.39 is 24.0 Å². The Kier molecular flexibility index (Phi) is 4.33. The number of nitrogens with zero attached hydrogens (tertiary/aromatic N) is 1. The molecule has 0 aliphatic carbocycles. The number of carboxylic acid groups (broad SMARTS) is 1. The van der Waals surface area contributed by atoms with Crippen LogP contribution in [0, 0.1) is 5.82 Å². The molecular weight excluding hydrogens is 317 g/mol. The molecule has 124 valence electrons. The number of aliphatic carboxylic acids is 1. The average molecular weight is 331 g/mol. The number of fused-ring (bicyclic) bond motifs is 1. The SMILES string of the molecule is O=C(O)C1CN(C(=O)OCc2ccccc2)c2ccc(F)cc2O1. The summed E-state index contributed by atoms with van der Waals surface area (Å²) in [6, 6.07) is 12.6. The fourth-order valence-corrected chi connectivity index (χ4v) is 2.36. The van der Waals surface area contributed by atoms with Gasteiger partial charge in [0, 0.05) is 6.07 Å². The van der Waals surface area contributed by atoms with Crippen LogP contribution in [0.25, 0.3) is 0 Å². The molecule has 0 bridgehead atoms. The summed E-state index contributed by atoms with van der Waals surface area (Å²) in [5.74, 6) is -1.84. The van der Waals surface area contributed by atoms with E-state index in [0.29, 0.717) is 0 Å². The molecule has 0 fully saturated rings.